The summed E-state index contributed by atoms with van der Waals surface area (Å²) in [5, 5.41) is 10.2. The van der Waals surface area contributed by atoms with E-state index in [1.807, 2.05) is 24.3 Å². The Kier molecular flexibility index (Phi) is 2.49. The molecule has 0 radical (unpaired) electrons. The van der Waals surface area contributed by atoms with Crippen LogP contribution in [-0.2, 0) is 6.42 Å². The van der Waals surface area contributed by atoms with Crippen molar-refractivity contribution in [1.82, 2.24) is 25.3 Å². The van der Waals surface area contributed by atoms with Crippen LogP contribution < -0.4 is 5.73 Å². The van der Waals surface area contributed by atoms with Crippen molar-refractivity contribution in [2.24, 2.45) is 0 Å². The van der Waals surface area contributed by atoms with Crippen molar-refractivity contribution in [3.63, 3.8) is 0 Å². The van der Waals surface area contributed by atoms with Crippen LogP contribution in [0.4, 0.5) is 5.69 Å². The number of hydrogen-bond acceptors (Lipinski definition) is 6. The highest BCUT2D eigenvalue weighted by Gasteiger charge is 2.12. The predicted molar refractivity (Wildman–Crippen MR) is 63.3 cm³/mol. The summed E-state index contributed by atoms with van der Waals surface area (Å²) in [5.74, 6) is 1.35. The van der Waals surface area contributed by atoms with Crippen LogP contribution in [0.2, 0.25) is 0 Å². The number of rotatable bonds is 3. The quantitative estimate of drug-likeness (QED) is 0.664. The summed E-state index contributed by atoms with van der Waals surface area (Å²) in [6, 6.07) is 7.56. The highest BCUT2D eigenvalue weighted by molar-refractivity contribution is 5.47. The first-order valence-corrected chi connectivity index (χ1v) is 5.34. The van der Waals surface area contributed by atoms with Gasteiger partial charge in [-0.1, -0.05) is 23.4 Å². The van der Waals surface area contributed by atoms with Crippen LogP contribution in [0.15, 0.2) is 35.1 Å². The van der Waals surface area contributed by atoms with E-state index in [-0.39, 0.29) is 0 Å². The molecule has 2 heterocycles. The fraction of sp³-hybridized carbons (Fsp3) is 0.0909. The Hall–Kier alpha value is -2.70. The van der Waals surface area contributed by atoms with E-state index in [9.17, 15) is 0 Å². The molecule has 2 aromatic heterocycles. The zero-order valence-electron chi connectivity index (χ0n) is 9.37. The fourth-order valence-electron chi connectivity index (χ4n) is 1.59. The molecule has 0 saturated heterocycles. The van der Waals surface area contributed by atoms with Crippen molar-refractivity contribution in [2.45, 2.75) is 6.42 Å². The number of H-pyrrole nitrogens is 1. The maximum Gasteiger partial charge on any atom is 0.239 e. The van der Waals surface area contributed by atoms with E-state index >= 15 is 0 Å². The van der Waals surface area contributed by atoms with Gasteiger partial charge >= 0.3 is 0 Å². The molecule has 0 aliphatic carbocycles. The third-order valence-electron chi connectivity index (χ3n) is 2.49. The van der Waals surface area contributed by atoms with Crippen molar-refractivity contribution >= 4 is 5.69 Å². The van der Waals surface area contributed by atoms with E-state index in [2.05, 4.69) is 25.3 Å². The van der Waals surface area contributed by atoms with Crippen LogP contribution in [0.5, 0.6) is 0 Å². The van der Waals surface area contributed by atoms with Gasteiger partial charge in [0.15, 0.2) is 5.82 Å². The second-order valence-corrected chi connectivity index (χ2v) is 3.72. The van der Waals surface area contributed by atoms with Gasteiger partial charge in [-0.3, -0.25) is 5.10 Å². The van der Waals surface area contributed by atoms with Crippen LogP contribution in [-0.4, -0.2) is 25.3 Å². The molecule has 0 atom stereocenters. The molecule has 3 aromatic rings. The number of nitrogens with two attached hydrogens (primary N) is 1. The first kappa shape index (κ1) is 10.5. The van der Waals surface area contributed by atoms with Gasteiger partial charge in [0.2, 0.25) is 11.7 Å². The normalized spacial score (nSPS) is 10.7. The molecule has 0 bridgehead atoms. The molecule has 7 nitrogen and oxygen atoms in total. The summed E-state index contributed by atoms with van der Waals surface area (Å²) >= 11 is 0. The van der Waals surface area contributed by atoms with Gasteiger partial charge < -0.3 is 10.3 Å². The lowest BCUT2D eigenvalue weighted by Gasteiger charge is -2.00. The van der Waals surface area contributed by atoms with Crippen LogP contribution in [0.25, 0.3) is 11.6 Å². The summed E-state index contributed by atoms with van der Waals surface area (Å²) in [6.45, 7) is 0. The average Bonchev–Trinajstić information content (AvgIpc) is 3.02. The van der Waals surface area contributed by atoms with Crippen molar-refractivity contribution < 1.29 is 4.52 Å². The van der Waals surface area contributed by atoms with Gasteiger partial charge in [-0.15, -0.1) is 0 Å². The molecule has 0 spiro atoms. The third kappa shape index (κ3) is 1.93. The van der Waals surface area contributed by atoms with Crippen molar-refractivity contribution in [3.05, 3.63) is 42.0 Å². The molecule has 1 aromatic carbocycles. The molecule has 3 N–H and O–H groups in total. The van der Waals surface area contributed by atoms with Crippen molar-refractivity contribution in [3.8, 4) is 11.6 Å². The van der Waals surface area contributed by atoms with E-state index in [0.717, 1.165) is 5.56 Å². The summed E-state index contributed by atoms with van der Waals surface area (Å²) in [5.41, 5.74) is 7.51. The zero-order valence-corrected chi connectivity index (χ0v) is 9.37. The second-order valence-electron chi connectivity index (χ2n) is 3.72. The summed E-state index contributed by atoms with van der Waals surface area (Å²) in [7, 11) is 0. The number of nitrogen functional groups attached to an aromatic ring is 1. The predicted octanol–water partition coefficient (Wildman–Crippen LogP) is 1.03. The van der Waals surface area contributed by atoms with Gasteiger partial charge in [-0.2, -0.15) is 10.1 Å². The van der Waals surface area contributed by atoms with Crippen LogP contribution in [0.1, 0.15) is 11.5 Å². The van der Waals surface area contributed by atoms with Gasteiger partial charge in [-0.25, -0.2) is 4.98 Å². The van der Waals surface area contributed by atoms with Gasteiger partial charge in [0.25, 0.3) is 0 Å². The maximum atomic E-state index is 5.85. The number of aromatic amines is 1. The van der Waals surface area contributed by atoms with Gasteiger partial charge in [0.05, 0.1) is 6.42 Å². The summed E-state index contributed by atoms with van der Waals surface area (Å²) in [6.07, 6.45) is 1.88. The van der Waals surface area contributed by atoms with Crippen LogP contribution >= 0.6 is 0 Å². The molecule has 18 heavy (non-hydrogen) atoms. The minimum atomic E-state index is 0.386. The zero-order chi connectivity index (χ0) is 12.4. The van der Waals surface area contributed by atoms with Crippen molar-refractivity contribution in [2.75, 3.05) is 5.73 Å². The summed E-state index contributed by atoms with van der Waals surface area (Å²) < 4.78 is 5.14. The standard InChI is InChI=1S/C11H10N6O/c12-8-4-2-1-3-7(8)5-9-15-11(17-18-9)10-13-6-14-16-10/h1-4,6H,5,12H2,(H,13,14,16). The largest absolute Gasteiger partial charge is 0.398 e. The van der Waals surface area contributed by atoms with Gasteiger partial charge in [-0.05, 0) is 11.6 Å². The maximum absolute atomic E-state index is 5.85. The first-order chi connectivity index (χ1) is 8.83. The number of para-hydroxylation sites is 1. The number of aromatic nitrogens is 5. The number of hydrogen-bond donors (Lipinski definition) is 2. The highest BCUT2D eigenvalue weighted by Crippen LogP contribution is 2.16. The molecule has 90 valence electrons. The number of nitrogens with one attached hydrogen (secondary N) is 1. The van der Waals surface area contributed by atoms with Crippen LogP contribution in [0, 0.1) is 0 Å². The molecule has 0 unspecified atom stereocenters. The number of benzene rings is 1. The monoisotopic (exact) mass is 242 g/mol. The molecule has 0 aliphatic heterocycles. The molecule has 3 rings (SSSR count). The molecule has 7 heteroatoms. The lowest BCUT2D eigenvalue weighted by molar-refractivity contribution is 0.385. The minimum absolute atomic E-state index is 0.386. The highest BCUT2D eigenvalue weighted by atomic mass is 16.5. The van der Waals surface area contributed by atoms with Gasteiger partial charge in [0, 0.05) is 5.69 Å². The molecular weight excluding hydrogens is 232 g/mol. The third-order valence-corrected chi connectivity index (χ3v) is 2.49. The smallest absolute Gasteiger partial charge is 0.239 e. The van der Waals surface area contributed by atoms with E-state index in [1.165, 1.54) is 6.33 Å². The Morgan fingerprint density at radius 3 is 2.94 bits per heavy atom. The Labute approximate surface area is 102 Å². The first-order valence-electron chi connectivity index (χ1n) is 5.34. The van der Waals surface area contributed by atoms with E-state index in [0.29, 0.717) is 29.6 Å². The van der Waals surface area contributed by atoms with Crippen molar-refractivity contribution in [1.29, 1.82) is 0 Å². The Morgan fingerprint density at radius 1 is 1.28 bits per heavy atom. The number of nitrogens with zero attached hydrogens (tertiary/aromatic N) is 4. The molecule has 0 aliphatic rings. The minimum Gasteiger partial charge on any atom is -0.398 e. The SMILES string of the molecule is Nc1ccccc1Cc1nc(-c2ncn[nH]2)no1. The van der Waals surface area contributed by atoms with E-state index < -0.39 is 0 Å². The molecular formula is C11H10N6O. The topological polar surface area (TPSA) is 107 Å². The lowest BCUT2D eigenvalue weighted by Crippen LogP contribution is -1.95. The Morgan fingerprint density at radius 2 is 2.17 bits per heavy atom. The second kappa shape index (κ2) is 4.28. The number of anilines is 1. The van der Waals surface area contributed by atoms with Gasteiger partial charge in [0.1, 0.15) is 6.33 Å². The van der Waals surface area contributed by atoms with Crippen LogP contribution in [0.3, 0.4) is 0 Å². The Bertz CT molecular complexity index is 645. The molecule has 0 saturated carbocycles. The lowest BCUT2D eigenvalue weighted by atomic mass is 10.1. The summed E-state index contributed by atoms with van der Waals surface area (Å²) in [4.78, 5) is 8.17. The fourth-order valence-corrected chi connectivity index (χ4v) is 1.59. The molecule has 0 amide bonds. The average molecular weight is 242 g/mol. The Balaban J connectivity index is 1.85. The van der Waals surface area contributed by atoms with E-state index in [1.54, 1.807) is 0 Å². The van der Waals surface area contributed by atoms with E-state index in [4.69, 9.17) is 10.3 Å². The molecule has 0 fully saturated rings.